The molecule has 0 fully saturated rings. The Morgan fingerprint density at radius 3 is 2.73 bits per heavy atom. The van der Waals surface area contributed by atoms with Gasteiger partial charge in [0.1, 0.15) is 17.4 Å². The number of hydrogen-bond acceptors (Lipinski definition) is 4. The van der Waals surface area contributed by atoms with Gasteiger partial charge in [-0.3, -0.25) is 4.79 Å². The van der Waals surface area contributed by atoms with E-state index in [1.165, 1.54) is 36.5 Å². The number of carbonyl (C=O) groups excluding carboxylic acids is 1. The van der Waals surface area contributed by atoms with E-state index in [-0.39, 0.29) is 17.7 Å². The summed E-state index contributed by atoms with van der Waals surface area (Å²) >= 11 is 1.44. The number of carbonyl (C=O) groups is 1. The van der Waals surface area contributed by atoms with Gasteiger partial charge in [-0.1, -0.05) is 37.2 Å². The van der Waals surface area contributed by atoms with Gasteiger partial charge >= 0.3 is 5.97 Å². The maximum Gasteiger partial charge on any atom is 0.303 e. The van der Waals surface area contributed by atoms with E-state index in [0.29, 0.717) is 6.54 Å². The summed E-state index contributed by atoms with van der Waals surface area (Å²) in [7, 11) is 0. The summed E-state index contributed by atoms with van der Waals surface area (Å²) in [6, 6.07) is 10.8. The van der Waals surface area contributed by atoms with Gasteiger partial charge in [0.2, 0.25) is 0 Å². The van der Waals surface area contributed by atoms with Gasteiger partial charge in [0.25, 0.3) is 0 Å². The molecule has 0 radical (unpaired) electrons. The minimum Gasteiger partial charge on any atom is -0.454 e. The van der Waals surface area contributed by atoms with Crippen LogP contribution in [0.3, 0.4) is 0 Å². The van der Waals surface area contributed by atoms with Crippen molar-refractivity contribution in [1.29, 1.82) is 0 Å². The molecule has 2 aromatic heterocycles. The van der Waals surface area contributed by atoms with Crippen LogP contribution in [0.2, 0.25) is 0 Å². The topological polar surface area (TPSA) is 44.1 Å². The number of pyridine rings is 1. The van der Waals surface area contributed by atoms with Crippen LogP contribution in [0.25, 0.3) is 11.0 Å². The molecule has 1 aromatic carbocycles. The number of benzene rings is 1. The second-order valence-corrected chi connectivity index (χ2v) is 7.08. The Kier molecular flexibility index (Phi) is 5.93. The Hall–Kier alpha value is -2.34. The zero-order chi connectivity index (χ0) is 18.5. The molecular formula is C20H21FN2O2S. The molecule has 0 unspecified atom stereocenters. The first kappa shape index (κ1) is 18.5. The Bertz CT molecular complexity index is 906. The number of fused-ring (bicyclic) bond motifs is 1. The third-order valence-corrected chi connectivity index (χ3v) is 4.83. The summed E-state index contributed by atoms with van der Waals surface area (Å²) < 4.78 is 20.3. The van der Waals surface area contributed by atoms with Crippen LogP contribution in [0.1, 0.15) is 31.5 Å². The highest BCUT2D eigenvalue weighted by atomic mass is 32.2. The monoisotopic (exact) mass is 372 g/mol. The Labute approximate surface area is 156 Å². The van der Waals surface area contributed by atoms with Crippen molar-refractivity contribution < 1.29 is 13.9 Å². The molecule has 0 N–H and O–H groups in total. The number of halogens is 1. The molecule has 3 rings (SSSR count). The van der Waals surface area contributed by atoms with E-state index in [1.54, 1.807) is 18.3 Å². The molecule has 0 amide bonds. The minimum absolute atomic E-state index is 0.229. The van der Waals surface area contributed by atoms with Crippen molar-refractivity contribution >= 4 is 28.8 Å². The molecule has 0 aliphatic rings. The van der Waals surface area contributed by atoms with Gasteiger partial charge in [-0.2, -0.15) is 0 Å². The van der Waals surface area contributed by atoms with Crippen LogP contribution in [-0.4, -0.2) is 21.5 Å². The average molecular weight is 372 g/mol. The fourth-order valence-corrected chi connectivity index (χ4v) is 3.55. The third kappa shape index (κ3) is 4.43. The van der Waals surface area contributed by atoms with Crippen molar-refractivity contribution in [1.82, 2.24) is 9.55 Å². The summed E-state index contributed by atoms with van der Waals surface area (Å²) in [6.07, 6.45) is 3.79. The highest BCUT2D eigenvalue weighted by Gasteiger charge is 2.11. The van der Waals surface area contributed by atoms with Crippen molar-refractivity contribution in [3.05, 3.63) is 59.7 Å². The van der Waals surface area contributed by atoms with Crippen molar-refractivity contribution in [3.8, 4) is 0 Å². The first-order valence-electron chi connectivity index (χ1n) is 8.55. The Balaban J connectivity index is 1.89. The van der Waals surface area contributed by atoms with Crippen LogP contribution < -0.4 is 0 Å². The second-order valence-electron chi connectivity index (χ2n) is 6.08. The van der Waals surface area contributed by atoms with Gasteiger partial charge in [0, 0.05) is 35.6 Å². The zero-order valence-electron chi connectivity index (χ0n) is 14.9. The lowest BCUT2D eigenvalue weighted by molar-refractivity contribution is -0.138. The number of esters is 1. The average Bonchev–Trinajstić information content (AvgIpc) is 2.94. The number of aryl methyl sites for hydroxylation is 1. The summed E-state index contributed by atoms with van der Waals surface area (Å²) in [4.78, 5) is 16.5. The van der Waals surface area contributed by atoms with Gasteiger partial charge in [-0.05, 0) is 36.2 Å². The largest absolute Gasteiger partial charge is 0.454 e. The number of rotatable bonds is 7. The lowest BCUT2D eigenvalue weighted by Crippen LogP contribution is -2.05. The van der Waals surface area contributed by atoms with Gasteiger partial charge < -0.3 is 9.30 Å². The maximum atomic E-state index is 13.2. The smallest absolute Gasteiger partial charge is 0.303 e. The van der Waals surface area contributed by atoms with Crippen LogP contribution in [-0.2, 0) is 22.5 Å². The van der Waals surface area contributed by atoms with Crippen LogP contribution in [0, 0.1) is 5.82 Å². The van der Waals surface area contributed by atoms with Crippen molar-refractivity contribution in [2.45, 2.75) is 38.1 Å². The van der Waals surface area contributed by atoms with Gasteiger partial charge in [-0.15, -0.1) is 0 Å². The first-order valence-corrected chi connectivity index (χ1v) is 9.54. The van der Waals surface area contributed by atoms with E-state index in [4.69, 9.17) is 4.74 Å². The number of hydrogen-bond donors (Lipinski definition) is 0. The zero-order valence-corrected chi connectivity index (χ0v) is 15.7. The maximum absolute atomic E-state index is 13.2. The molecule has 0 saturated heterocycles. The van der Waals surface area contributed by atoms with E-state index >= 15 is 0 Å². The lowest BCUT2D eigenvalue weighted by Gasteiger charge is -2.10. The van der Waals surface area contributed by atoms with E-state index < -0.39 is 0 Å². The normalized spacial score (nSPS) is 11.0. The van der Waals surface area contributed by atoms with E-state index in [9.17, 15) is 9.18 Å². The summed E-state index contributed by atoms with van der Waals surface area (Å²) in [6.45, 7) is 4.20. The molecule has 0 spiro atoms. The molecule has 6 heteroatoms. The van der Waals surface area contributed by atoms with Crippen LogP contribution in [0.4, 0.5) is 4.39 Å². The van der Waals surface area contributed by atoms with Crippen LogP contribution in [0.15, 0.2) is 47.5 Å². The van der Waals surface area contributed by atoms with Gasteiger partial charge in [0.05, 0.1) is 0 Å². The molecule has 3 aromatic rings. The van der Waals surface area contributed by atoms with Crippen molar-refractivity contribution in [3.63, 3.8) is 0 Å². The van der Waals surface area contributed by atoms with Crippen molar-refractivity contribution in [2.24, 2.45) is 0 Å². The number of ether oxygens (including phenoxy) is 1. The molecule has 136 valence electrons. The van der Waals surface area contributed by atoms with Crippen molar-refractivity contribution in [2.75, 3.05) is 5.94 Å². The second kappa shape index (κ2) is 8.36. The van der Waals surface area contributed by atoms with E-state index in [0.717, 1.165) is 34.3 Å². The molecule has 0 bridgehead atoms. The lowest BCUT2D eigenvalue weighted by atomic mass is 10.2. The molecule has 4 nitrogen and oxygen atoms in total. The summed E-state index contributed by atoms with van der Waals surface area (Å²) in [5, 5.41) is 1.06. The predicted octanol–water partition coefficient (Wildman–Crippen LogP) is 4.79. The first-order chi connectivity index (χ1) is 12.6. The molecular weight excluding hydrogens is 351 g/mol. The molecule has 26 heavy (non-hydrogen) atoms. The van der Waals surface area contributed by atoms with E-state index in [2.05, 4.69) is 28.6 Å². The molecule has 0 aliphatic heterocycles. The molecule has 2 heterocycles. The highest BCUT2D eigenvalue weighted by molar-refractivity contribution is 7.99. The molecule has 0 aliphatic carbocycles. The Morgan fingerprint density at radius 2 is 2.04 bits per heavy atom. The van der Waals surface area contributed by atoms with Crippen LogP contribution in [0.5, 0.6) is 0 Å². The van der Waals surface area contributed by atoms with Gasteiger partial charge in [-0.25, -0.2) is 9.37 Å². The number of nitrogens with zero attached hydrogens (tertiary/aromatic N) is 2. The Morgan fingerprint density at radius 1 is 1.27 bits per heavy atom. The standard InChI is InChI=1S/C20H21FN2O2S/c1-3-4-18-9-16-10-19(26-13-25-14(2)24)11-22-20(16)23(18)12-15-5-7-17(21)8-6-15/h5-11H,3-4,12-13H2,1-2H3. The summed E-state index contributed by atoms with van der Waals surface area (Å²) in [5.74, 6) is -0.240. The number of thioether (sulfide) groups is 1. The predicted molar refractivity (Wildman–Crippen MR) is 102 cm³/mol. The minimum atomic E-state index is -0.290. The van der Waals surface area contributed by atoms with E-state index in [1.807, 2.05) is 0 Å². The number of aromatic nitrogens is 2. The van der Waals surface area contributed by atoms with Gasteiger partial charge in [0.15, 0.2) is 0 Å². The third-order valence-electron chi connectivity index (χ3n) is 4.04. The quantitative estimate of drug-likeness (QED) is 0.340. The SMILES string of the molecule is CCCc1cc2cc(SCOC(C)=O)cnc2n1Cc1ccc(F)cc1. The van der Waals surface area contributed by atoms with Crippen LogP contribution >= 0.6 is 11.8 Å². The summed E-state index contributed by atoms with van der Waals surface area (Å²) in [5.41, 5.74) is 3.16. The molecule has 0 atom stereocenters. The fourth-order valence-electron chi connectivity index (χ4n) is 2.85. The molecule has 0 saturated carbocycles. The fraction of sp³-hybridized carbons (Fsp3) is 0.300. The highest BCUT2D eigenvalue weighted by Crippen LogP contribution is 2.26.